The number of rotatable bonds is 3. The Morgan fingerprint density at radius 2 is 2.10 bits per heavy atom. The molecular formula is C15H13FN2O2. The van der Waals surface area contributed by atoms with Crippen LogP contribution in [0.15, 0.2) is 47.6 Å². The number of hydrogen-bond acceptors (Lipinski definition) is 3. The highest BCUT2D eigenvalue weighted by molar-refractivity contribution is 5.95. The Labute approximate surface area is 115 Å². The summed E-state index contributed by atoms with van der Waals surface area (Å²) in [4.78, 5) is 11.7. The van der Waals surface area contributed by atoms with Crippen LogP contribution in [-0.2, 0) is 0 Å². The van der Waals surface area contributed by atoms with E-state index in [9.17, 15) is 14.3 Å². The standard InChI is InChI=1S/C15H13FN2O2/c1-10-5-6-14(19)12(7-10)9-17-18-15(20)11-3-2-4-13(16)8-11/h2-9,19H,1H3,(H,18,20)/b17-9+. The van der Waals surface area contributed by atoms with Gasteiger partial charge < -0.3 is 5.11 Å². The van der Waals surface area contributed by atoms with Crippen molar-refractivity contribution in [1.29, 1.82) is 0 Å². The number of carbonyl (C=O) groups excluding carboxylic acids is 1. The van der Waals surface area contributed by atoms with Crippen molar-refractivity contribution < 1.29 is 14.3 Å². The fraction of sp³-hybridized carbons (Fsp3) is 0.0667. The third-order valence-electron chi connectivity index (χ3n) is 2.64. The van der Waals surface area contributed by atoms with Gasteiger partial charge in [0.25, 0.3) is 5.91 Å². The molecule has 102 valence electrons. The second-order valence-electron chi connectivity index (χ2n) is 4.27. The Kier molecular flexibility index (Phi) is 4.10. The van der Waals surface area contributed by atoms with Crippen LogP contribution in [0, 0.1) is 12.7 Å². The van der Waals surface area contributed by atoms with E-state index in [-0.39, 0.29) is 11.3 Å². The van der Waals surface area contributed by atoms with Gasteiger partial charge in [0.1, 0.15) is 11.6 Å². The summed E-state index contributed by atoms with van der Waals surface area (Å²) >= 11 is 0. The van der Waals surface area contributed by atoms with E-state index in [1.807, 2.05) is 6.92 Å². The van der Waals surface area contributed by atoms with Gasteiger partial charge in [0, 0.05) is 11.1 Å². The maximum absolute atomic E-state index is 13.0. The zero-order chi connectivity index (χ0) is 14.5. The lowest BCUT2D eigenvalue weighted by molar-refractivity contribution is 0.0954. The number of phenolic OH excluding ortho intramolecular Hbond substituents is 1. The first-order valence-electron chi connectivity index (χ1n) is 5.95. The number of aromatic hydroxyl groups is 1. The topological polar surface area (TPSA) is 61.7 Å². The average molecular weight is 272 g/mol. The number of nitrogens with one attached hydrogen (secondary N) is 1. The van der Waals surface area contributed by atoms with E-state index in [0.717, 1.165) is 11.6 Å². The fourth-order valence-corrected chi connectivity index (χ4v) is 1.63. The second kappa shape index (κ2) is 5.97. The Balaban J connectivity index is 2.06. The molecule has 0 atom stereocenters. The van der Waals surface area contributed by atoms with Gasteiger partial charge in [-0.2, -0.15) is 5.10 Å². The van der Waals surface area contributed by atoms with Crippen molar-refractivity contribution in [2.45, 2.75) is 6.92 Å². The van der Waals surface area contributed by atoms with E-state index >= 15 is 0 Å². The van der Waals surface area contributed by atoms with Crippen LogP contribution < -0.4 is 5.43 Å². The summed E-state index contributed by atoms with van der Waals surface area (Å²) in [6.45, 7) is 1.88. The molecule has 5 heteroatoms. The van der Waals surface area contributed by atoms with Crippen molar-refractivity contribution in [2.24, 2.45) is 5.10 Å². The van der Waals surface area contributed by atoms with Crippen LogP contribution in [0.4, 0.5) is 4.39 Å². The molecule has 2 N–H and O–H groups in total. The van der Waals surface area contributed by atoms with Gasteiger partial charge in [0.05, 0.1) is 6.21 Å². The molecule has 0 saturated carbocycles. The lowest BCUT2D eigenvalue weighted by Gasteiger charge is -2.01. The normalized spacial score (nSPS) is 10.7. The largest absolute Gasteiger partial charge is 0.507 e. The Morgan fingerprint density at radius 1 is 1.30 bits per heavy atom. The molecule has 2 aromatic carbocycles. The molecule has 4 nitrogen and oxygen atoms in total. The minimum Gasteiger partial charge on any atom is -0.507 e. The highest BCUT2D eigenvalue weighted by atomic mass is 19.1. The molecule has 2 aromatic rings. The molecule has 0 aliphatic heterocycles. The minimum atomic E-state index is -0.520. The van der Waals surface area contributed by atoms with Gasteiger partial charge in [0.2, 0.25) is 0 Å². The van der Waals surface area contributed by atoms with Crippen molar-refractivity contribution in [3.05, 3.63) is 65.0 Å². The lowest BCUT2D eigenvalue weighted by Crippen LogP contribution is -2.17. The zero-order valence-corrected chi connectivity index (χ0v) is 10.8. The SMILES string of the molecule is Cc1ccc(O)c(/C=N/NC(=O)c2cccc(F)c2)c1. The van der Waals surface area contributed by atoms with E-state index in [0.29, 0.717) is 5.56 Å². The monoisotopic (exact) mass is 272 g/mol. The van der Waals surface area contributed by atoms with Crippen molar-refractivity contribution in [2.75, 3.05) is 0 Å². The number of nitrogens with zero attached hydrogens (tertiary/aromatic N) is 1. The first-order valence-corrected chi connectivity index (χ1v) is 5.95. The lowest BCUT2D eigenvalue weighted by atomic mass is 10.1. The molecule has 20 heavy (non-hydrogen) atoms. The van der Waals surface area contributed by atoms with Crippen LogP contribution >= 0.6 is 0 Å². The summed E-state index contributed by atoms with van der Waals surface area (Å²) in [6, 6.07) is 10.3. The molecule has 0 fully saturated rings. The smallest absolute Gasteiger partial charge is 0.271 e. The third kappa shape index (κ3) is 3.41. The van der Waals surface area contributed by atoms with E-state index in [1.54, 1.807) is 18.2 Å². The zero-order valence-electron chi connectivity index (χ0n) is 10.8. The van der Waals surface area contributed by atoms with Crippen LogP contribution in [0.3, 0.4) is 0 Å². The number of halogens is 1. The third-order valence-corrected chi connectivity index (χ3v) is 2.64. The number of amides is 1. The van der Waals surface area contributed by atoms with Gasteiger partial charge in [-0.3, -0.25) is 4.79 Å². The van der Waals surface area contributed by atoms with Crippen molar-refractivity contribution in [3.8, 4) is 5.75 Å². The Morgan fingerprint density at radius 3 is 2.85 bits per heavy atom. The molecule has 0 heterocycles. The predicted molar refractivity (Wildman–Crippen MR) is 74.3 cm³/mol. The molecule has 0 saturated heterocycles. The number of benzene rings is 2. The van der Waals surface area contributed by atoms with E-state index < -0.39 is 11.7 Å². The van der Waals surface area contributed by atoms with Crippen molar-refractivity contribution in [1.82, 2.24) is 5.43 Å². The minimum absolute atomic E-state index is 0.0688. The first-order chi connectivity index (χ1) is 9.56. The summed E-state index contributed by atoms with van der Waals surface area (Å²) in [5, 5.41) is 13.3. The summed E-state index contributed by atoms with van der Waals surface area (Å²) in [6.07, 6.45) is 1.33. The predicted octanol–water partition coefficient (Wildman–Crippen LogP) is 2.60. The van der Waals surface area contributed by atoms with Gasteiger partial charge >= 0.3 is 0 Å². The average Bonchev–Trinajstić information content (AvgIpc) is 2.42. The van der Waals surface area contributed by atoms with Crippen LogP contribution in [0.25, 0.3) is 0 Å². The molecule has 2 rings (SSSR count). The van der Waals surface area contributed by atoms with E-state index in [1.165, 1.54) is 24.4 Å². The summed E-state index contributed by atoms with van der Waals surface area (Å²) in [5.74, 6) is -0.940. The van der Waals surface area contributed by atoms with Gasteiger partial charge in [-0.15, -0.1) is 0 Å². The molecule has 0 bridgehead atoms. The number of carbonyl (C=O) groups is 1. The fourth-order valence-electron chi connectivity index (χ4n) is 1.63. The van der Waals surface area contributed by atoms with E-state index in [4.69, 9.17) is 0 Å². The molecule has 0 aliphatic rings. The molecule has 1 amide bonds. The Hall–Kier alpha value is -2.69. The quantitative estimate of drug-likeness (QED) is 0.666. The molecule has 0 unspecified atom stereocenters. The summed E-state index contributed by atoms with van der Waals surface area (Å²) < 4.78 is 13.0. The number of phenols is 1. The molecule has 0 spiro atoms. The molecule has 0 aromatic heterocycles. The van der Waals surface area contributed by atoms with Gasteiger partial charge in [-0.25, -0.2) is 9.82 Å². The maximum Gasteiger partial charge on any atom is 0.271 e. The molecular weight excluding hydrogens is 259 g/mol. The number of hydrogen-bond donors (Lipinski definition) is 2. The number of hydrazone groups is 1. The highest BCUT2D eigenvalue weighted by Crippen LogP contribution is 2.15. The van der Waals surface area contributed by atoms with E-state index in [2.05, 4.69) is 10.5 Å². The molecule has 0 aliphatic carbocycles. The van der Waals surface area contributed by atoms with Crippen LogP contribution in [0.5, 0.6) is 5.75 Å². The van der Waals surface area contributed by atoms with Crippen LogP contribution in [0.1, 0.15) is 21.5 Å². The van der Waals surface area contributed by atoms with Gasteiger partial charge in [0.15, 0.2) is 0 Å². The molecule has 0 radical (unpaired) electrons. The summed E-state index contributed by atoms with van der Waals surface area (Å²) in [7, 11) is 0. The maximum atomic E-state index is 13.0. The summed E-state index contributed by atoms with van der Waals surface area (Å²) in [5.41, 5.74) is 3.90. The van der Waals surface area contributed by atoms with Crippen molar-refractivity contribution >= 4 is 12.1 Å². The van der Waals surface area contributed by atoms with Crippen LogP contribution in [-0.4, -0.2) is 17.2 Å². The number of aryl methyl sites for hydroxylation is 1. The highest BCUT2D eigenvalue weighted by Gasteiger charge is 2.04. The first kappa shape index (κ1) is 13.7. The Bertz CT molecular complexity index is 669. The van der Waals surface area contributed by atoms with Crippen molar-refractivity contribution in [3.63, 3.8) is 0 Å². The van der Waals surface area contributed by atoms with Crippen LogP contribution in [0.2, 0.25) is 0 Å². The van der Waals surface area contributed by atoms with Gasteiger partial charge in [-0.1, -0.05) is 17.7 Å². The van der Waals surface area contributed by atoms with Gasteiger partial charge in [-0.05, 0) is 37.3 Å². The second-order valence-corrected chi connectivity index (χ2v) is 4.27.